The number of hydrogen-bond donors (Lipinski definition) is 1. The molecule has 108 valence electrons. The van der Waals surface area contributed by atoms with Gasteiger partial charge in [-0.25, -0.2) is 9.97 Å². The van der Waals surface area contributed by atoms with Crippen LogP contribution in [0.2, 0.25) is 0 Å². The molecule has 3 aromatic rings. The molecule has 0 radical (unpaired) electrons. The van der Waals surface area contributed by atoms with Crippen molar-refractivity contribution in [2.45, 2.75) is 26.5 Å². The smallest absolute Gasteiger partial charge is 0.218 e. The van der Waals surface area contributed by atoms with Crippen molar-refractivity contribution >= 4 is 11.5 Å². The zero-order valence-electron chi connectivity index (χ0n) is 11.9. The van der Waals surface area contributed by atoms with Gasteiger partial charge in [0.15, 0.2) is 5.82 Å². The van der Waals surface area contributed by atoms with Crippen LogP contribution in [0.5, 0.6) is 5.88 Å². The minimum Gasteiger partial charge on any atom is -0.475 e. The summed E-state index contributed by atoms with van der Waals surface area (Å²) in [6.07, 6.45) is 6.94. The molecule has 0 amide bonds. The van der Waals surface area contributed by atoms with E-state index in [1.54, 1.807) is 24.9 Å². The van der Waals surface area contributed by atoms with Gasteiger partial charge in [-0.3, -0.25) is 4.40 Å². The number of nitrogens with one attached hydrogen (secondary N) is 1. The normalized spacial score (nSPS) is 11.0. The molecule has 0 fully saturated rings. The number of aromatic nitrogens is 5. The van der Waals surface area contributed by atoms with Crippen molar-refractivity contribution in [2.24, 2.45) is 0 Å². The van der Waals surface area contributed by atoms with Gasteiger partial charge in [0.25, 0.3) is 0 Å². The molecule has 7 nitrogen and oxygen atoms in total. The summed E-state index contributed by atoms with van der Waals surface area (Å²) < 4.78 is 7.51. The number of pyridine rings is 1. The Morgan fingerprint density at radius 1 is 1.29 bits per heavy atom. The topological polar surface area (TPSA) is 77.2 Å². The van der Waals surface area contributed by atoms with Crippen LogP contribution in [0.1, 0.15) is 19.4 Å². The van der Waals surface area contributed by atoms with Gasteiger partial charge in [0.1, 0.15) is 6.33 Å². The lowest BCUT2D eigenvalue weighted by Gasteiger charge is -2.13. The molecule has 0 unspecified atom stereocenters. The molecule has 3 rings (SSSR count). The van der Waals surface area contributed by atoms with Crippen LogP contribution >= 0.6 is 0 Å². The fourth-order valence-electron chi connectivity index (χ4n) is 1.95. The minimum atomic E-state index is 0.0803. The number of fused-ring (bicyclic) bond motifs is 1. The molecule has 0 atom stereocenters. The van der Waals surface area contributed by atoms with Crippen molar-refractivity contribution in [1.82, 2.24) is 24.6 Å². The summed E-state index contributed by atoms with van der Waals surface area (Å²) in [4.78, 5) is 8.56. The summed E-state index contributed by atoms with van der Waals surface area (Å²) in [7, 11) is 0. The minimum absolute atomic E-state index is 0.0803. The Morgan fingerprint density at radius 2 is 2.19 bits per heavy atom. The first-order chi connectivity index (χ1) is 10.2. The lowest BCUT2D eigenvalue weighted by atomic mass is 10.2. The molecule has 0 saturated carbocycles. The van der Waals surface area contributed by atoms with Gasteiger partial charge in [0.05, 0.1) is 6.10 Å². The number of nitrogens with zero attached hydrogens (tertiary/aromatic N) is 5. The van der Waals surface area contributed by atoms with Crippen molar-refractivity contribution < 1.29 is 4.74 Å². The first kappa shape index (κ1) is 13.3. The molecular weight excluding hydrogens is 268 g/mol. The molecule has 0 aromatic carbocycles. The van der Waals surface area contributed by atoms with E-state index in [0.29, 0.717) is 23.9 Å². The van der Waals surface area contributed by atoms with Gasteiger partial charge >= 0.3 is 0 Å². The largest absolute Gasteiger partial charge is 0.475 e. The molecule has 0 saturated heterocycles. The standard InChI is InChI=1S/C14H16N6O/c1-10(2)21-14-11(4-3-5-16-14)8-17-12-13-19-18-9-20(13)7-6-15-12/h3-7,9-10H,8H2,1-2H3,(H,15,17). The van der Waals surface area contributed by atoms with Gasteiger partial charge in [0.2, 0.25) is 11.5 Å². The zero-order valence-corrected chi connectivity index (χ0v) is 11.9. The lowest BCUT2D eigenvalue weighted by Crippen LogP contribution is -2.11. The van der Waals surface area contributed by atoms with E-state index in [9.17, 15) is 0 Å². The van der Waals surface area contributed by atoms with Gasteiger partial charge in [-0.05, 0) is 19.9 Å². The van der Waals surface area contributed by atoms with E-state index in [2.05, 4.69) is 25.5 Å². The predicted molar refractivity (Wildman–Crippen MR) is 78.1 cm³/mol. The second-order valence-electron chi connectivity index (χ2n) is 4.83. The van der Waals surface area contributed by atoms with E-state index in [0.717, 1.165) is 5.56 Å². The van der Waals surface area contributed by atoms with E-state index >= 15 is 0 Å². The molecular formula is C14H16N6O. The Hall–Kier alpha value is -2.70. The van der Waals surface area contributed by atoms with Gasteiger partial charge in [-0.2, -0.15) is 0 Å². The van der Waals surface area contributed by atoms with Crippen molar-refractivity contribution in [2.75, 3.05) is 5.32 Å². The van der Waals surface area contributed by atoms with Crippen LogP contribution in [-0.4, -0.2) is 30.7 Å². The summed E-state index contributed by atoms with van der Waals surface area (Å²) in [6, 6.07) is 3.86. The van der Waals surface area contributed by atoms with E-state index in [-0.39, 0.29) is 6.10 Å². The molecule has 21 heavy (non-hydrogen) atoms. The summed E-state index contributed by atoms with van der Waals surface area (Å²) in [5, 5.41) is 11.2. The molecule has 0 spiro atoms. The number of ether oxygens (including phenoxy) is 1. The summed E-state index contributed by atoms with van der Waals surface area (Å²) in [6.45, 7) is 4.50. The lowest BCUT2D eigenvalue weighted by molar-refractivity contribution is 0.230. The quantitative estimate of drug-likeness (QED) is 0.771. The summed E-state index contributed by atoms with van der Waals surface area (Å²) in [5.41, 5.74) is 1.65. The third-order valence-corrected chi connectivity index (χ3v) is 2.86. The molecule has 0 aliphatic heterocycles. The van der Waals surface area contributed by atoms with Gasteiger partial charge in [0, 0.05) is 30.7 Å². The maximum atomic E-state index is 5.70. The zero-order chi connectivity index (χ0) is 14.7. The molecule has 0 bridgehead atoms. The monoisotopic (exact) mass is 284 g/mol. The fraction of sp³-hybridized carbons (Fsp3) is 0.286. The number of anilines is 1. The fourth-order valence-corrected chi connectivity index (χ4v) is 1.95. The van der Waals surface area contributed by atoms with Crippen LogP contribution in [0.4, 0.5) is 5.82 Å². The van der Waals surface area contributed by atoms with E-state index in [1.165, 1.54) is 0 Å². The predicted octanol–water partition coefficient (Wildman–Crippen LogP) is 1.92. The van der Waals surface area contributed by atoms with Crippen LogP contribution < -0.4 is 10.1 Å². The molecule has 1 N–H and O–H groups in total. The number of hydrogen-bond acceptors (Lipinski definition) is 6. The van der Waals surface area contributed by atoms with Crippen LogP contribution in [0.15, 0.2) is 37.1 Å². The highest BCUT2D eigenvalue weighted by Crippen LogP contribution is 2.18. The second kappa shape index (κ2) is 5.74. The van der Waals surface area contributed by atoms with Gasteiger partial charge in [-0.15, -0.1) is 10.2 Å². The Morgan fingerprint density at radius 3 is 3.05 bits per heavy atom. The summed E-state index contributed by atoms with van der Waals surface area (Å²) in [5.74, 6) is 1.31. The highest BCUT2D eigenvalue weighted by Gasteiger charge is 2.09. The highest BCUT2D eigenvalue weighted by molar-refractivity contribution is 5.61. The molecule has 3 heterocycles. The molecule has 7 heteroatoms. The maximum absolute atomic E-state index is 5.70. The van der Waals surface area contributed by atoms with Crippen LogP contribution in [0.25, 0.3) is 5.65 Å². The highest BCUT2D eigenvalue weighted by atomic mass is 16.5. The Kier molecular flexibility index (Phi) is 3.63. The van der Waals surface area contributed by atoms with Crippen LogP contribution in [-0.2, 0) is 6.54 Å². The van der Waals surface area contributed by atoms with Crippen molar-refractivity contribution in [3.8, 4) is 5.88 Å². The van der Waals surface area contributed by atoms with Crippen LogP contribution in [0, 0.1) is 0 Å². The van der Waals surface area contributed by atoms with Crippen molar-refractivity contribution in [1.29, 1.82) is 0 Å². The van der Waals surface area contributed by atoms with E-state index in [4.69, 9.17) is 4.74 Å². The Balaban J connectivity index is 1.80. The maximum Gasteiger partial charge on any atom is 0.218 e. The number of rotatable bonds is 5. The van der Waals surface area contributed by atoms with Gasteiger partial charge < -0.3 is 10.1 Å². The third kappa shape index (κ3) is 2.91. The average molecular weight is 284 g/mol. The van der Waals surface area contributed by atoms with E-state index < -0.39 is 0 Å². The van der Waals surface area contributed by atoms with Crippen molar-refractivity contribution in [3.63, 3.8) is 0 Å². The third-order valence-electron chi connectivity index (χ3n) is 2.86. The molecule has 0 aliphatic rings. The van der Waals surface area contributed by atoms with E-state index in [1.807, 2.05) is 30.4 Å². The van der Waals surface area contributed by atoms with Gasteiger partial charge in [-0.1, -0.05) is 6.07 Å². The first-order valence-electron chi connectivity index (χ1n) is 6.73. The second-order valence-corrected chi connectivity index (χ2v) is 4.83. The van der Waals surface area contributed by atoms with Crippen molar-refractivity contribution in [3.05, 3.63) is 42.6 Å². The summed E-state index contributed by atoms with van der Waals surface area (Å²) >= 11 is 0. The SMILES string of the molecule is CC(C)Oc1ncccc1CNc1nccn2cnnc12. The Labute approximate surface area is 122 Å². The molecule has 3 aromatic heterocycles. The van der Waals surface area contributed by atoms with Crippen LogP contribution in [0.3, 0.4) is 0 Å². The Bertz CT molecular complexity index is 739. The molecule has 0 aliphatic carbocycles. The first-order valence-corrected chi connectivity index (χ1v) is 6.73. The average Bonchev–Trinajstić information content (AvgIpc) is 2.95.